The van der Waals surface area contributed by atoms with E-state index < -0.39 is 0 Å². The number of pyridine rings is 1. The number of nitrogens with one attached hydrogen (secondary N) is 2. The zero-order chi connectivity index (χ0) is 14.7. The fourth-order valence-corrected chi connectivity index (χ4v) is 2.04. The highest BCUT2D eigenvalue weighted by Gasteiger charge is 2.04. The van der Waals surface area contributed by atoms with Crippen LogP contribution in [-0.4, -0.2) is 20.2 Å². The predicted octanol–water partition coefficient (Wildman–Crippen LogP) is 3.10. The molecule has 0 unspecified atom stereocenters. The second-order valence-corrected chi connectivity index (χ2v) is 5.01. The molecule has 0 radical (unpaired) electrons. The summed E-state index contributed by atoms with van der Waals surface area (Å²) in [6.07, 6.45) is 1.88. The maximum absolute atomic E-state index is 4.39. The molecular formula is C16H17N5. The van der Waals surface area contributed by atoms with Crippen molar-refractivity contribution in [3.63, 3.8) is 0 Å². The van der Waals surface area contributed by atoms with Gasteiger partial charge in [0.05, 0.1) is 12.2 Å². The number of benzene rings is 1. The summed E-state index contributed by atoms with van der Waals surface area (Å²) in [6.45, 7) is 4.62. The summed E-state index contributed by atoms with van der Waals surface area (Å²) in [5.74, 6) is 1.52. The molecule has 1 aromatic carbocycles. The van der Waals surface area contributed by atoms with Crippen LogP contribution < -0.4 is 5.32 Å². The zero-order valence-corrected chi connectivity index (χ0v) is 12.1. The highest BCUT2D eigenvalue weighted by Crippen LogP contribution is 2.19. The van der Waals surface area contributed by atoms with Gasteiger partial charge in [0.2, 0.25) is 0 Å². The van der Waals surface area contributed by atoms with Gasteiger partial charge in [0.1, 0.15) is 5.82 Å². The molecule has 21 heavy (non-hydrogen) atoms. The number of H-pyrrole nitrogens is 1. The van der Waals surface area contributed by atoms with Crippen LogP contribution in [0.2, 0.25) is 0 Å². The number of aromatic amines is 1. The lowest BCUT2D eigenvalue weighted by Gasteiger charge is -2.07. The molecule has 5 nitrogen and oxygen atoms in total. The Kier molecular flexibility index (Phi) is 3.64. The molecule has 0 saturated heterocycles. The van der Waals surface area contributed by atoms with Gasteiger partial charge in [-0.2, -0.15) is 5.10 Å². The minimum absolute atomic E-state index is 0.691. The van der Waals surface area contributed by atoms with E-state index in [4.69, 9.17) is 0 Å². The van der Waals surface area contributed by atoms with Crippen molar-refractivity contribution in [2.75, 3.05) is 5.32 Å². The van der Waals surface area contributed by atoms with E-state index in [1.807, 2.05) is 50.4 Å². The second kappa shape index (κ2) is 5.75. The molecule has 0 aliphatic heterocycles. The molecule has 0 bridgehead atoms. The molecule has 0 aliphatic rings. The van der Waals surface area contributed by atoms with E-state index in [2.05, 4.69) is 31.5 Å². The van der Waals surface area contributed by atoms with Crippen LogP contribution in [0.5, 0.6) is 0 Å². The first-order chi connectivity index (χ1) is 10.2. The van der Waals surface area contributed by atoms with E-state index in [1.165, 1.54) is 5.56 Å². The summed E-state index contributed by atoms with van der Waals surface area (Å²) < 4.78 is 0. The Morgan fingerprint density at radius 1 is 1.14 bits per heavy atom. The fraction of sp³-hybridized carbons (Fsp3) is 0.188. The van der Waals surface area contributed by atoms with Gasteiger partial charge in [-0.1, -0.05) is 18.2 Å². The first-order valence-electron chi connectivity index (χ1n) is 6.85. The van der Waals surface area contributed by atoms with Crippen LogP contribution in [0.15, 0.2) is 42.6 Å². The van der Waals surface area contributed by atoms with Gasteiger partial charge in [-0.15, -0.1) is 0 Å². The summed E-state index contributed by atoms with van der Waals surface area (Å²) in [6, 6.07) is 12.2. The first kappa shape index (κ1) is 13.3. The summed E-state index contributed by atoms with van der Waals surface area (Å²) in [5.41, 5.74) is 4.19. The summed E-state index contributed by atoms with van der Waals surface area (Å²) in [5, 5.41) is 10.4. The smallest absolute Gasteiger partial charge is 0.181 e. The number of nitrogens with zero attached hydrogens (tertiary/aromatic N) is 3. The molecule has 2 N–H and O–H groups in total. The molecule has 3 aromatic rings. The molecule has 0 aliphatic carbocycles. The van der Waals surface area contributed by atoms with Crippen molar-refractivity contribution in [3.8, 4) is 11.4 Å². The van der Waals surface area contributed by atoms with Gasteiger partial charge >= 0.3 is 0 Å². The number of hydrogen-bond donors (Lipinski definition) is 2. The Hall–Kier alpha value is -2.69. The molecule has 2 heterocycles. The monoisotopic (exact) mass is 279 g/mol. The van der Waals surface area contributed by atoms with Gasteiger partial charge in [-0.05, 0) is 37.6 Å². The highest BCUT2D eigenvalue weighted by molar-refractivity contribution is 5.62. The summed E-state index contributed by atoms with van der Waals surface area (Å²) >= 11 is 0. The Balaban J connectivity index is 1.73. The number of aryl methyl sites for hydroxylation is 2. The molecule has 106 valence electrons. The fourth-order valence-electron chi connectivity index (χ4n) is 2.04. The van der Waals surface area contributed by atoms with Crippen molar-refractivity contribution in [2.45, 2.75) is 20.4 Å². The van der Waals surface area contributed by atoms with Crippen molar-refractivity contribution >= 4 is 5.69 Å². The molecule has 5 heteroatoms. The standard InChI is InChI=1S/C16H17N5/c1-11-6-7-15(17-9-11)10-18-14-5-3-4-13(8-14)16-19-12(2)20-21-16/h3-9,18H,10H2,1-2H3,(H,19,20,21). The predicted molar refractivity (Wildman–Crippen MR) is 82.9 cm³/mol. The van der Waals surface area contributed by atoms with E-state index in [1.54, 1.807) is 0 Å². The maximum atomic E-state index is 4.39. The van der Waals surface area contributed by atoms with Crippen molar-refractivity contribution < 1.29 is 0 Å². The quantitative estimate of drug-likeness (QED) is 0.770. The van der Waals surface area contributed by atoms with Gasteiger partial charge in [0.25, 0.3) is 0 Å². The Morgan fingerprint density at radius 2 is 2.05 bits per heavy atom. The lowest BCUT2D eigenvalue weighted by Crippen LogP contribution is -2.01. The summed E-state index contributed by atoms with van der Waals surface area (Å²) in [7, 11) is 0. The van der Waals surface area contributed by atoms with Crippen LogP contribution in [-0.2, 0) is 6.54 Å². The minimum atomic E-state index is 0.691. The van der Waals surface area contributed by atoms with Gasteiger partial charge in [0, 0.05) is 17.4 Å². The molecule has 0 spiro atoms. The summed E-state index contributed by atoms with van der Waals surface area (Å²) in [4.78, 5) is 8.73. The van der Waals surface area contributed by atoms with Crippen molar-refractivity contribution in [2.24, 2.45) is 0 Å². The normalized spacial score (nSPS) is 10.6. The largest absolute Gasteiger partial charge is 0.379 e. The van der Waals surface area contributed by atoms with Crippen LogP contribution in [0.3, 0.4) is 0 Å². The van der Waals surface area contributed by atoms with Crippen LogP contribution in [0, 0.1) is 13.8 Å². The van der Waals surface area contributed by atoms with Gasteiger partial charge in [-0.25, -0.2) is 4.98 Å². The van der Waals surface area contributed by atoms with Gasteiger partial charge in [-0.3, -0.25) is 10.1 Å². The van der Waals surface area contributed by atoms with E-state index in [0.29, 0.717) is 12.4 Å². The minimum Gasteiger partial charge on any atom is -0.379 e. The van der Waals surface area contributed by atoms with E-state index in [-0.39, 0.29) is 0 Å². The average molecular weight is 279 g/mol. The average Bonchev–Trinajstić information content (AvgIpc) is 2.94. The molecule has 2 aromatic heterocycles. The molecule has 0 fully saturated rings. The third kappa shape index (κ3) is 3.25. The van der Waals surface area contributed by atoms with E-state index >= 15 is 0 Å². The maximum Gasteiger partial charge on any atom is 0.181 e. The third-order valence-electron chi connectivity index (χ3n) is 3.16. The lowest BCUT2D eigenvalue weighted by atomic mass is 10.2. The number of anilines is 1. The van der Waals surface area contributed by atoms with Crippen molar-refractivity contribution in [3.05, 3.63) is 59.7 Å². The van der Waals surface area contributed by atoms with Crippen LogP contribution >= 0.6 is 0 Å². The van der Waals surface area contributed by atoms with Crippen molar-refractivity contribution in [1.29, 1.82) is 0 Å². The third-order valence-corrected chi connectivity index (χ3v) is 3.16. The topological polar surface area (TPSA) is 66.5 Å². The van der Waals surface area contributed by atoms with Crippen molar-refractivity contribution in [1.82, 2.24) is 20.2 Å². The molecule has 0 atom stereocenters. The van der Waals surface area contributed by atoms with Gasteiger partial charge in [0.15, 0.2) is 5.82 Å². The molecule has 0 amide bonds. The molecular weight excluding hydrogens is 262 g/mol. The van der Waals surface area contributed by atoms with E-state index in [9.17, 15) is 0 Å². The Morgan fingerprint density at radius 3 is 2.76 bits per heavy atom. The SMILES string of the molecule is Cc1ccc(CNc2cccc(-c3n[nH]c(C)n3)c2)nc1. The number of hydrogen-bond acceptors (Lipinski definition) is 4. The second-order valence-electron chi connectivity index (χ2n) is 5.01. The zero-order valence-electron chi connectivity index (χ0n) is 12.1. The van der Waals surface area contributed by atoms with Gasteiger partial charge < -0.3 is 5.32 Å². The van der Waals surface area contributed by atoms with Crippen LogP contribution in [0.4, 0.5) is 5.69 Å². The highest BCUT2D eigenvalue weighted by atomic mass is 15.2. The number of rotatable bonds is 4. The van der Waals surface area contributed by atoms with E-state index in [0.717, 1.165) is 22.8 Å². The van der Waals surface area contributed by atoms with Crippen LogP contribution in [0.25, 0.3) is 11.4 Å². The first-order valence-corrected chi connectivity index (χ1v) is 6.85. The molecule has 3 rings (SSSR count). The number of aromatic nitrogens is 4. The van der Waals surface area contributed by atoms with Crippen LogP contribution in [0.1, 0.15) is 17.1 Å². The lowest BCUT2D eigenvalue weighted by molar-refractivity contribution is 1.03. The Labute approximate surface area is 123 Å². The Bertz CT molecular complexity index is 730. The molecule has 0 saturated carbocycles.